The van der Waals surface area contributed by atoms with E-state index in [1.807, 2.05) is 13.0 Å². The second-order valence-electron chi connectivity index (χ2n) is 2.99. The Morgan fingerprint density at radius 2 is 2.33 bits per heavy atom. The van der Waals surface area contributed by atoms with Crippen LogP contribution >= 0.6 is 0 Å². The summed E-state index contributed by atoms with van der Waals surface area (Å²) >= 11 is 0. The zero-order chi connectivity index (χ0) is 11.3. The number of phenols is 1. The highest BCUT2D eigenvalue weighted by molar-refractivity contribution is 5.94. The number of hydrogen-bond donors (Lipinski definition) is 1. The number of nitriles is 1. The van der Waals surface area contributed by atoms with Gasteiger partial charge in [-0.3, -0.25) is 4.79 Å². The molecule has 0 aromatic heterocycles. The molecule has 0 spiro atoms. The SMILES string of the molecule is CCN(C(=O)CC#N)c1cccc(O)c1. The number of carbonyl (C=O) groups excluding carboxylic acids is 1. The molecule has 0 fully saturated rings. The Bertz CT molecular complexity index is 396. The lowest BCUT2D eigenvalue weighted by Gasteiger charge is -2.19. The molecule has 0 radical (unpaired) electrons. The Kier molecular flexibility index (Phi) is 3.69. The Hall–Kier alpha value is -2.02. The Balaban J connectivity index is 2.93. The van der Waals surface area contributed by atoms with E-state index in [9.17, 15) is 9.90 Å². The second kappa shape index (κ2) is 5.01. The minimum Gasteiger partial charge on any atom is -0.508 e. The molecule has 0 aliphatic carbocycles. The number of aromatic hydroxyl groups is 1. The van der Waals surface area contributed by atoms with Gasteiger partial charge in [0.25, 0.3) is 0 Å². The third kappa shape index (κ3) is 2.71. The van der Waals surface area contributed by atoms with Crippen molar-refractivity contribution in [2.75, 3.05) is 11.4 Å². The summed E-state index contributed by atoms with van der Waals surface area (Å²) in [6, 6.07) is 8.23. The average molecular weight is 204 g/mol. The normalized spacial score (nSPS) is 9.33. The lowest BCUT2D eigenvalue weighted by molar-refractivity contribution is -0.117. The van der Waals surface area contributed by atoms with Crippen molar-refractivity contribution >= 4 is 11.6 Å². The Labute approximate surface area is 88.4 Å². The molecule has 0 unspecified atom stereocenters. The zero-order valence-electron chi connectivity index (χ0n) is 8.47. The number of anilines is 1. The van der Waals surface area contributed by atoms with Gasteiger partial charge in [0.2, 0.25) is 5.91 Å². The Morgan fingerprint density at radius 1 is 1.60 bits per heavy atom. The molecule has 1 amide bonds. The van der Waals surface area contributed by atoms with E-state index in [1.54, 1.807) is 12.1 Å². The molecule has 4 heteroatoms. The van der Waals surface area contributed by atoms with Crippen molar-refractivity contribution in [2.45, 2.75) is 13.3 Å². The molecule has 4 nitrogen and oxygen atoms in total. The van der Waals surface area contributed by atoms with Gasteiger partial charge in [0, 0.05) is 18.3 Å². The van der Waals surface area contributed by atoms with Crippen LogP contribution in [0.1, 0.15) is 13.3 Å². The van der Waals surface area contributed by atoms with Crippen LogP contribution in [-0.2, 0) is 4.79 Å². The summed E-state index contributed by atoms with van der Waals surface area (Å²) in [5.41, 5.74) is 0.609. The standard InChI is InChI=1S/C11H12N2O2/c1-2-13(11(15)6-7-12)9-4-3-5-10(14)8-9/h3-5,8,14H,2,6H2,1H3. The van der Waals surface area contributed by atoms with Crippen LogP contribution in [0.25, 0.3) is 0 Å². The number of benzene rings is 1. The molecule has 0 aliphatic rings. The molecule has 1 aromatic rings. The fraction of sp³-hybridized carbons (Fsp3) is 0.273. The van der Waals surface area contributed by atoms with Crippen molar-refractivity contribution < 1.29 is 9.90 Å². The van der Waals surface area contributed by atoms with Gasteiger partial charge in [0.1, 0.15) is 12.2 Å². The highest BCUT2D eigenvalue weighted by Crippen LogP contribution is 2.20. The molecular weight excluding hydrogens is 192 g/mol. The minimum atomic E-state index is -0.259. The summed E-state index contributed by atoms with van der Waals surface area (Å²) in [6.45, 7) is 2.29. The number of amides is 1. The van der Waals surface area contributed by atoms with E-state index in [1.165, 1.54) is 17.0 Å². The van der Waals surface area contributed by atoms with Gasteiger partial charge >= 0.3 is 0 Å². The maximum atomic E-state index is 11.5. The van der Waals surface area contributed by atoms with Crippen molar-refractivity contribution in [3.63, 3.8) is 0 Å². The van der Waals surface area contributed by atoms with E-state index in [2.05, 4.69) is 0 Å². The maximum Gasteiger partial charge on any atom is 0.241 e. The molecule has 0 atom stereocenters. The summed E-state index contributed by atoms with van der Waals surface area (Å²) in [5.74, 6) is -0.152. The van der Waals surface area contributed by atoms with Gasteiger partial charge in [0.05, 0.1) is 6.07 Å². The fourth-order valence-corrected chi connectivity index (χ4v) is 1.33. The van der Waals surface area contributed by atoms with Gasteiger partial charge in [-0.2, -0.15) is 5.26 Å². The van der Waals surface area contributed by atoms with Crippen LogP contribution in [0.15, 0.2) is 24.3 Å². The van der Waals surface area contributed by atoms with Crippen LogP contribution in [0.2, 0.25) is 0 Å². The predicted octanol–water partition coefficient (Wildman–Crippen LogP) is 1.66. The monoisotopic (exact) mass is 204 g/mol. The average Bonchev–Trinajstić information content (AvgIpc) is 2.19. The van der Waals surface area contributed by atoms with E-state index in [4.69, 9.17) is 5.26 Å². The summed E-state index contributed by atoms with van der Waals surface area (Å²) in [4.78, 5) is 13.0. The van der Waals surface area contributed by atoms with Crippen LogP contribution < -0.4 is 4.90 Å². The molecule has 0 bridgehead atoms. The number of rotatable bonds is 3. The number of nitrogens with zero attached hydrogens (tertiary/aromatic N) is 2. The van der Waals surface area contributed by atoms with Crippen LogP contribution in [0.3, 0.4) is 0 Å². The third-order valence-electron chi connectivity index (χ3n) is 1.99. The first-order valence-corrected chi connectivity index (χ1v) is 4.65. The summed E-state index contributed by atoms with van der Waals surface area (Å²) in [7, 11) is 0. The van der Waals surface area contributed by atoms with Crippen molar-refractivity contribution in [1.29, 1.82) is 5.26 Å². The van der Waals surface area contributed by atoms with Gasteiger partial charge in [-0.1, -0.05) is 6.07 Å². The van der Waals surface area contributed by atoms with Gasteiger partial charge in [0.15, 0.2) is 0 Å². The first kappa shape index (κ1) is 11.1. The molecule has 0 heterocycles. The number of phenolic OH excluding ortho intramolecular Hbond substituents is 1. The van der Waals surface area contributed by atoms with E-state index in [0.29, 0.717) is 12.2 Å². The minimum absolute atomic E-state index is 0.107. The fourth-order valence-electron chi connectivity index (χ4n) is 1.33. The molecule has 78 valence electrons. The van der Waals surface area contributed by atoms with Crippen molar-refractivity contribution in [3.8, 4) is 11.8 Å². The summed E-state index contributed by atoms with van der Waals surface area (Å²) in [6.07, 6.45) is -0.149. The van der Waals surface area contributed by atoms with E-state index in [0.717, 1.165) is 0 Å². The lowest BCUT2D eigenvalue weighted by Crippen LogP contribution is -2.29. The molecule has 1 N–H and O–H groups in total. The molecule has 0 saturated heterocycles. The number of carbonyl (C=O) groups is 1. The summed E-state index contributed by atoms with van der Waals surface area (Å²) < 4.78 is 0. The third-order valence-corrected chi connectivity index (χ3v) is 1.99. The summed E-state index contributed by atoms with van der Waals surface area (Å²) in [5, 5.41) is 17.7. The molecule has 1 rings (SSSR count). The van der Waals surface area contributed by atoms with E-state index < -0.39 is 0 Å². The topological polar surface area (TPSA) is 64.3 Å². The smallest absolute Gasteiger partial charge is 0.241 e. The quantitative estimate of drug-likeness (QED) is 0.814. The highest BCUT2D eigenvalue weighted by atomic mass is 16.3. The highest BCUT2D eigenvalue weighted by Gasteiger charge is 2.13. The van der Waals surface area contributed by atoms with Crippen molar-refractivity contribution in [3.05, 3.63) is 24.3 Å². The van der Waals surface area contributed by atoms with Crippen molar-refractivity contribution in [1.82, 2.24) is 0 Å². The van der Waals surface area contributed by atoms with Gasteiger partial charge in [-0.25, -0.2) is 0 Å². The second-order valence-corrected chi connectivity index (χ2v) is 2.99. The molecule has 0 aliphatic heterocycles. The zero-order valence-corrected chi connectivity index (χ0v) is 8.47. The molecule has 15 heavy (non-hydrogen) atoms. The van der Waals surface area contributed by atoms with E-state index >= 15 is 0 Å². The number of hydrogen-bond acceptors (Lipinski definition) is 3. The van der Waals surface area contributed by atoms with Crippen LogP contribution in [-0.4, -0.2) is 17.6 Å². The molecule has 0 saturated carbocycles. The lowest BCUT2D eigenvalue weighted by atomic mass is 10.2. The van der Waals surface area contributed by atoms with Crippen LogP contribution in [0, 0.1) is 11.3 Å². The Morgan fingerprint density at radius 3 is 2.87 bits per heavy atom. The largest absolute Gasteiger partial charge is 0.508 e. The van der Waals surface area contributed by atoms with Gasteiger partial charge in [-0.05, 0) is 19.1 Å². The molecule has 1 aromatic carbocycles. The van der Waals surface area contributed by atoms with Crippen LogP contribution in [0.4, 0.5) is 5.69 Å². The maximum absolute atomic E-state index is 11.5. The predicted molar refractivity (Wildman–Crippen MR) is 56.4 cm³/mol. The van der Waals surface area contributed by atoms with Gasteiger partial charge < -0.3 is 10.0 Å². The van der Waals surface area contributed by atoms with Gasteiger partial charge in [-0.15, -0.1) is 0 Å². The van der Waals surface area contributed by atoms with Crippen LogP contribution in [0.5, 0.6) is 5.75 Å². The van der Waals surface area contributed by atoms with E-state index in [-0.39, 0.29) is 18.1 Å². The first-order valence-electron chi connectivity index (χ1n) is 4.65. The first-order chi connectivity index (χ1) is 7.19. The molecular formula is C11H12N2O2. The van der Waals surface area contributed by atoms with Crippen molar-refractivity contribution in [2.24, 2.45) is 0 Å².